The van der Waals surface area contributed by atoms with Gasteiger partial charge >= 0.3 is 0 Å². The molecule has 1 fully saturated rings. The molecule has 1 saturated heterocycles. The van der Waals surface area contributed by atoms with Crippen LogP contribution in [0.2, 0.25) is 0 Å². The molecule has 2 N–H and O–H groups in total. The lowest BCUT2D eigenvalue weighted by Crippen LogP contribution is -2.47. The number of rotatable bonds is 13. The molecule has 1 aliphatic heterocycles. The van der Waals surface area contributed by atoms with Crippen LogP contribution >= 0.6 is 0 Å². The molecule has 0 bridgehead atoms. The predicted octanol–water partition coefficient (Wildman–Crippen LogP) is 7.21. The fraction of sp³-hybridized carbons (Fsp3) is 0.444. The largest absolute Gasteiger partial charge is 0.504 e. The maximum atomic E-state index is 14.0. The molecule has 1 amide bonds. The first-order valence-corrected chi connectivity index (χ1v) is 15.5. The maximum absolute atomic E-state index is 14.0. The van der Waals surface area contributed by atoms with Gasteiger partial charge in [0.2, 0.25) is 0 Å². The predicted molar refractivity (Wildman–Crippen MR) is 168 cm³/mol. The van der Waals surface area contributed by atoms with Crippen LogP contribution < -0.4 is 0 Å². The van der Waals surface area contributed by atoms with Gasteiger partial charge in [0.1, 0.15) is 0 Å². The van der Waals surface area contributed by atoms with Crippen molar-refractivity contribution in [2.75, 3.05) is 19.6 Å². The van der Waals surface area contributed by atoms with Gasteiger partial charge in [-0.25, -0.2) is 0 Å². The van der Waals surface area contributed by atoms with Crippen molar-refractivity contribution in [1.29, 1.82) is 0 Å². The van der Waals surface area contributed by atoms with Crippen molar-refractivity contribution in [2.45, 2.75) is 78.3 Å². The van der Waals surface area contributed by atoms with Crippen LogP contribution in [0.15, 0.2) is 66.7 Å². The molecule has 0 radical (unpaired) electrons. The number of hydrogen-bond acceptors (Lipinski definition) is 5. The summed E-state index contributed by atoms with van der Waals surface area (Å²) in [6.07, 6.45) is 7.60. The van der Waals surface area contributed by atoms with Crippen LogP contribution in [0.4, 0.5) is 0 Å². The summed E-state index contributed by atoms with van der Waals surface area (Å²) in [4.78, 5) is 31.7. The standard InChI is InChI=1S/C36H46N2O4/c1-4-5-6-8-27-11-13-29(14-12-27)36(42)38(32-18-21-37(22-19-32)20-17-26(2)3)25-28-9-7-10-30(23-28)35(41)31-15-16-33(39)34(40)24-31/h7,9-16,23-24,26,32,39-40H,4-6,8,17-22,25H2,1-3H3. The van der Waals surface area contributed by atoms with Crippen molar-refractivity contribution in [3.63, 3.8) is 0 Å². The van der Waals surface area contributed by atoms with Crippen molar-refractivity contribution < 1.29 is 19.8 Å². The third-order valence-corrected chi connectivity index (χ3v) is 8.33. The Balaban J connectivity index is 1.54. The molecular weight excluding hydrogens is 524 g/mol. The quantitative estimate of drug-likeness (QED) is 0.129. The zero-order valence-electron chi connectivity index (χ0n) is 25.4. The van der Waals surface area contributed by atoms with Crippen LogP contribution in [-0.2, 0) is 13.0 Å². The maximum Gasteiger partial charge on any atom is 0.254 e. The van der Waals surface area contributed by atoms with Crippen LogP contribution in [0.1, 0.15) is 96.7 Å². The highest BCUT2D eigenvalue weighted by Gasteiger charge is 2.29. The van der Waals surface area contributed by atoms with Gasteiger partial charge in [-0.15, -0.1) is 0 Å². The summed E-state index contributed by atoms with van der Waals surface area (Å²) in [5.74, 6) is -0.145. The Morgan fingerprint density at radius 3 is 2.21 bits per heavy atom. The van der Waals surface area contributed by atoms with Gasteiger partial charge in [-0.3, -0.25) is 9.59 Å². The summed E-state index contributed by atoms with van der Waals surface area (Å²) < 4.78 is 0. The number of unbranched alkanes of at least 4 members (excludes halogenated alkanes) is 2. The number of aryl methyl sites for hydroxylation is 1. The van der Waals surface area contributed by atoms with Crippen molar-refractivity contribution in [3.8, 4) is 11.5 Å². The number of phenolic OH excluding ortho intramolecular Hbond substituents is 2. The number of ketones is 1. The lowest BCUT2D eigenvalue weighted by atomic mass is 9.98. The average molecular weight is 571 g/mol. The van der Waals surface area contributed by atoms with Gasteiger partial charge in [0, 0.05) is 42.4 Å². The topological polar surface area (TPSA) is 81.1 Å². The Morgan fingerprint density at radius 1 is 0.857 bits per heavy atom. The summed E-state index contributed by atoms with van der Waals surface area (Å²) >= 11 is 0. The smallest absolute Gasteiger partial charge is 0.254 e. The molecule has 3 aromatic rings. The Morgan fingerprint density at radius 2 is 1.55 bits per heavy atom. The molecule has 0 unspecified atom stereocenters. The number of benzene rings is 3. The second-order valence-electron chi connectivity index (χ2n) is 12.1. The molecule has 0 spiro atoms. The first-order valence-electron chi connectivity index (χ1n) is 15.5. The molecule has 6 heteroatoms. The first-order chi connectivity index (χ1) is 20.2. The van der Waals surface area contributed by atoms with E-state index in [-0.39, 0.29) is 29.2 Å². The molecule has 0 aliphatic carbocycles. The third-order valence-electron chi connectivity index (χ3n) is 8.33. The minimum absolute atomic E-state index is 0.0240. The van der Waals surface area contributed by atoms with E-state index in [2.05, 4.69) is 37.8 Å². The Hall–Kier alpha value is -3.64. The zero-order valence-corrected chi connectivity index (χ0v) is 25.4. The van der Waals surface area contributed by atoms with Crippen LogP contribution in [-0.4, -0.2) is 57.4 Å². The van der Waals surface area contributed by atoms with E-state index in [1.807, 2.05) is 35.2 Å². The van der Waals surface area contributed by atoms with Crippen molar-refractivity contribution in [2.24, 2.45) is 5.92 Å². The Labute approximate surface area is 251 Å². The monoisotopic (exact) mass is 570 g/mol. The fourth-order valence-electron chi connectivity index (χ4n) is 5.66. The number of carbonyl (C=O) groups is 2. The second kappa shape index (κ2) is 15.0. The number of aromatic hydroxyl groups is 2. The summed E-state index contributed by atoms with van der Waals surface area (Å²) in [7, 11) is 0. The van der Waals surface area contributed by atoms with E-state index in [4.69, 9.17) is 0 Å². The molecule has 224 valence electrons. The van der Waals surface area contributed by atoms with Crippen molar-refractivity contribution >= 4 is 11.7 Å². The van der Waals surface area contributed by atoms with Crippen LogP contribution in [0.3, 0.4) is 0 Å². The number of piperidine rings is 1. The van der Waals surface area contributed by atoms with E-state index in [0.29, 0.717) is 29.2 Å². The van der Waals surface area contributed by atoms with Crippen molar-refractivity contribution in [1.82, 2.24) is 9.80 Å². The second-order valence-corrected chi connectivity index (χ2v) is 12.1. The van der Waals surface area contributed by atoms with E-state index in [0.717, 1.165) is 50.9 Å². The third kappa shape index (κ3) is 8.45. The average Bonchev–Trinajstić information content (AvgIpc) is 3.00. The molecule has 0 aromatic heterocycles. The van der Waals surface area contributed by atoms with Gasteiger partial charge in [0.05, 0.1) is 0 Å². The number of phenols is 2. The van der Waals surface area contributed by atoms with E-state index >= 15 is 0 Å². The molecule has 1 heterocycles. The van der Waals surface area contributed by atoms with E-state index in [1.165, 1.54) is 43.0 Å². The fourth-order valence-corrected chi connectivity index (χ4v) is 5.66. The van der Waals surface area contributed by atoms with Crippen molar-refractivity contribution in [3.05, 3.63) is 94.5 Å². The molecule has 42 heavy (non-hydrogen) atoms. The normalized spacial score (nSPS) is 14.3. The van der Waals surface area contributed by atoms with Gasteiger partial charge in [0.25, 0.3) is 5.91 Å². The lowest BCUT2D eigenvalue weighted by Gasteiger charge is -2.39. The Kier molecular flexibility index (Phi) is 11.2. The van der Waals surface area contributed by atoms with E-state index in [1.54, 1.807) is 6.07 Å². The van der Waals surface area contributed by atoms with Gasteiger partial charge in [-0.05, 0) is 92.1 Å². The van der Waals surface area contributed by atoms with Gasteiger partial charge in [0.15, 0.2) is 17.3 Å². The summed E-state index contributed by atoms with van der Waals surface area (Å²) in [6.45, 7) is 10.2. The van der Waals surface area contributed by atoms with E-state index < -0.39 is 0 Å². The zero-order chi connectivity index (χ0) is 30.1. The number of amides is 1. The van der Waals surface area contributed by atoms with E-state index in [9.17, 15) is 19.8 Å². The van der Waals surface area contributed by atoms with Crippen LogP contribution in [0.5, 0.6) is 11.5 Å². The molecule has 3 aromatic carbocycles. The van der Waals surface area contributed by atoms with Crippen LogP contribution in [0, 0.1) is 5.92 Å². The highest BCUT2D eigenvalue weighted by Crippen LogP contribution is 2.27. The molecule has 4 rings (SSSR count). The molecule has 6 nitrogen and oxygen atoms in total. The summed E-state index contributed by atoms with van der Waals surface area (Å²) in [6, 6.07) is 19.7. The Bertz CT molecular complexity index is 1330. The summed E-state index contributed by atoms with van der Waals surface area (Å²) in [5, 5.41) is 19.5. The number of nitrogens with zero attached hydrogens (tertiary/aromatic N) is 2. The molecule has 1 aliphatic rings. The minimum atomic E-state index is -0.329. The van der Waals surface area contributed by atoms with Gasteiger partial charge in [-0.2, -0.15) is 0 Å². The SMILES string of the molecule is CCCCCc1ccc(C(=O)N(Cc2cccc(C(=O)c3ccc(O)c(O)c3)c2)C2CCN(CCC(C)C)CC2)cc1. The lowest BCUT2D eigenvalue weighted by molar-refractivity contribution is 0.0546. The molecule has 0 saturated carbocycles. The number of carbonyl (C=O) groups excluding carboxylic acids is 2. The number of likely N-dealkylation sites (tertiary alicyclic amines) is 1. The molecule has 0 atom stereocenters. The van der Waals surface area contributed by atoms with Crippen LogP contribution in [0.25, 0.3) is 0 Å². The highest BCUT2D eigenvalue weighted by atomic mass is 16.3. The first kappa shape index (κ1) is 31.3. The minimum Gasteiger partial charge on any atom is -0.504 e. The summed E-state index contributed by atoms with van der Waals surface area (Å²) in [5.41, 5.74) is 3.61. The van der Waals surface area contributed by atoms with Gasteiger partial charge in [-0.1, -0.05) is 63.9 Å². The van der Waals surface area contributed by atoms with Gasteiger partial charge < -0.3 is 20.0 Å². The molecular formula is C36H46N2O4. The number of hydrogen-bond donors (Lipinski definition) is 2. The highest BCUT2D eigenvalue weighted by molar-refractivity contribution is 6.09.